The van der Waals surface area contributed by atoms with Crippen LogP contribution in [0.15, 0.2) is 291 Å². The van der Waals surface area contributed by atoms with E-state index in [-0.39, 0.29) is 157 Å². The first kappa shape index (κ1) is 112. The summed E-state index contributed by atoms with van der Waals surface area (Å²) < 4.78 is 153. The average molecular weight is 2640 g/mol. The number of hydrogen-bond donors (Lipinski definition) is 5. The maximum absolute atomic E-state index is 13.2. The van der Waals surface area contributed by atoms with Crippen LogP contribution < -0.4 is 5.10 Å². The standard InChI is InChI=1S/C13H9F3N.C13H8NS.3C11H6F2N.C8H4F3N4.2C6H5NO2.C5H10O2.C5H8O2.5Ir/c1-9-6-10(12-4-2-3-5-17-12)8-11(7-9)13(14,15)16;1-2-4-10(5-3-1)13-11-7-9-15-12(11)6-8-14-13;3*12-8-4-5-9(10(13)7-8)11-3-1-2-6-14-11;9-8(10,11)7-13-6(14-15-7)5-3-1-2-4-12-5;2*8-6(9)5-3-1-2-4-7-5;2*1-4(6)3-5(2)7;;;;;/h2-7H,1H3;1-4,6-9H;3*1-4,6-7H;1-4H;2*1-4H,(H,8,9);3-4,6-7H,1-2H3;3,6H,1-2H3;;;;;/q6*-1;;;;;;;;;. The summed E-state index contributed by atoms with van der Waals surface area (Å²) >= 11 is 1.74. The van der Waals surface area contributed by atoms with Crippen molar-refractivity contribution in [2.24, 2.45) is 0 Å². The summed E-state index contributed by atoms with van der Waals surface area (Å²) in [5, 5.41) is 51.5. The van der Waals surface area contributed by atoms with E-state index in [1.165, 1.54) is 79.8 Å². The van der Waals surface area contributed by atoms with Crippen molar-refractivity contribution < 1.29 is 193 Å². The molecule has 0 amide bonds. The molecule has 0 bridgehead atoms. The minimum absolute atomic E-state index is 0. The number of aromatic nitrogens is 11. The van der Waals surface area contributed by atoms with E-state index in [4.69, 9.17) is 25.5 Å². The largest absolute Gasteiger partial charge is 0.513 e. The van der Waals surface area contributed by atoms with E-state index >= 15 is 0 Å². The molecule has 0 aliphatic rings. The number of aromatic carboxylic acids is 2. The van der Waals surface area contributed by atoms with E-state index in [9.17, 15) is 67.1 Å². The van der Waals surface area contributed by atoms with Crippen LogP contribution in [0.4, 0.5) is 52.7 Å². The van der Waals surface area contributed by atoms with E-state index in [2.05, 4.69) is 96.8 Å². The number of rotatable bonds is 10. The number of hydrogen-bond acceptors (Lipinski definition) is 17. The molecule has 0 aliphatic carbocycles. The molecule has 19 nitrogen and oxygen atoms in total. The number of halogens is 12. The van der Waals surface area contributed by atoms with Gasteiger partial charge in [0.2, 0.25) is 0 Å². The number of allylic oxidation sites excluding steroid dienone is 3. The van der Waals surface area contributed by atoms with Gasteiger partial charge >= 0.3 is 24.3 Å². The first-order chi connectivity index (χ1) is 57.7. The normalized spacial score (nSPS) is 10.4. The predicted octanol–water partition coefficient (Wildman–Crippen LogP) is 21.0. The Morgan fingerprint density at radius 1 is 0.452 bits per heavy atom. The SMILES string of the molecule is CC(=O)C=C(C)O.CC(O)=CC(C)O.Cc1cc(-c2ccccn2)[c-]c(C(F)(F)F)c1.FC(F)(F)c1n[n-]c(-c2ccccn2)n1.Fc1c[c-]c(-c2ccccn2)c(F)c1.Fc1c[c-]c(-c2ccccn2)c(F)c1.Fc1c[c-]c(-c2ccccn2)c(F)c1.O=C(O)c1ccccn1.O=C(O)c1ccccn1.[Ir].[Ir].[Ir].[Ir].[Ir].[c-]1ccccc1-c1nccc2sccc12. The zero-order chi connectivity index (χ0) is 88.4. The van der Waals surface area contributed by atoms with Crippen LogP contribution in [-0.2, 0) is 118 Å². The van der Waals surface area contributed by atoms with Gasteiger partial charge in [0.15, 0.2) is 5.78 Å². The molecule has 10 aromatic heterocycles. The second-order valence-electron chi connectivity index (χ2n) is 23.9. The van der Waals surface area contributed by atoms with Gasteiger partial charge in [0.05, 0.1) is 23.3 Å². The van der Waals surface area contributed by atoms with Crippen LogP contribution in [0, 0.1) is 72.2 Å². The molecule has 5 aromatic carbocycles. The number of aryl methyl sites for hydroxylation is 1. The van der Waals surface area contributed by atoms with E-state index in [0.717, 1.165) is 53.7 Å². The van der Waals surface area contributed by atoms with Crippen molar-refractivity contribution in [1.82, 2.24) is 55.1 Å². The summed E-state index contributed by atoms with van der Waals surface area (Å²) in [4.78, 5) is 64.8. The molecule has 5 N–H and O–H groups in total. The summed E-state index contributed by atoms with van der Waals surface area (Å²) in [6, 6.07) is 68.4. The van der Waals surface area contributed by atoms with Gasteiger partial charge in [0.1, 0.15) is 17.2 Å². The zero-order valence-corrected chi connectivity index (χ0v) is 78.4. The fourth-order valence-corrected chi connectivity index (χ4v) is 10.00. The Bertz CT molecular complexity index is 5510. The van der Waals surface area contributed by atoms with Gasteiger partial charge in [-0.25, -0.2) is 19.6 Å². The summed E-state index contributed by atoms with van der Waals surface area (Å²) in [6.07, 6.45) is 5.42. The first-order valence-corrected chi connectivity index (χ1v) is 35.8. The molecule has 1 atom stereocenters. The number of aliphatic hydroxyl groups excluding tert-OH is 3. The number of aliphatic hydroxyl groups is 3. The molecule has 37 heteroatoms. The Kier molecular flexibility index (Phi) is 52.3. The maximum Gasteiger partial charge on any atom is 0.429 e. The van der Waals surface area contributed by atoms with Crippen molar-refractivity contribution in [2.45, 2.75) is 53.1 Å². The Morgan fingerprint density at radius 3 is 1.16 bits per heavy atom. The average Bonchev–Trinajstić information content (AvgIpc) is 1.59. The van der Waals surface area contributed by atoms with Gasteiger partial charge in [0, 0.05) is 196 Å². The Morgan fingerprint density at radius 2 is 0.857 bits per heavy atom. The van der Waals surface area contributed by atoms with Crippen LogP contribution in [0.25, 0.3) is 77.9 Å². The molecule has 1 unspecified atom stereocenters. The third kappa shape index (κ3) is 41.1. The van der Waals surface area contributed by atoms with Crippen molar-refractivity contribution in [3.63, 3.8) is 0 Å². The van der Waals surface area contributed by atoms with Gasteiger partial charge in [0.25, 0.3) is 0 Å². The Hall–Kier alpha value is -11.5. The van der Waals surface area contributed by atoms with E-state index < -0.39 is 76.7 Å². The topological polar surface area (TPSA) is 295 Å². The number of carboxylic acid groups (broad SMARTS) is 2. The molecular formula is C89H67F12Ir5N11O8S-6. The number of thiophene rings is 1. The number of nitrogens with zero attached hydrogens (tertiary/aromatic N) is 11. The molecule has 126 heavy (non-hydrogen) atoms. The molecule has 0 spiro atoms. The summed E-state index contributed by atoms with van der Waals surface area (Å²) in [6.45, 7) is 7.57. The van der Waals surface area contributed by atoms with Crippen LogP contribution in [0.5, 0.6) is 0 Å². The Balaban J connectivity index is 0.000000705. The van der Waals surface area contributed by atoms with Gasteiger partial charge in [-0.3, -0.25) is 41.2 Å². The second-order valence-corrected chi connectivity index (χ2v) is 24.8. The third-order valence-electron chi connectivity index (χ3n) is 14.2. The van der Waals surface area contributed by atoms with Crippen LogP contribution in [0.2, 0.25) is 0 Å². The number of carbonyl (C=O) groups is 3. The fraction of sp³-hybridized carbons (Fsp3) is 0.0899. The number of carboxylic acids is 2. The van der Waals surface area contributed by atoms with Crippen LogP contribution in [0.3, 0.4) is 0 Å². The van der Waals surface area contributed by atoms with Gasteiger partial charge in [-0.2, -0.15) is 26.3 Å². The molecule has 0 aliphatic heterocycles. The van der Waals surface area contributed by atoms with Gasteiger partial charge in [-0.1, -0.05) is 115 Å². The first-order valence-electron chi connectivity index (χ1n) is 34.9. The van der Waals surface area contributed by atoms with E-state index in [0.29, 0.717) is 33.9 Å². The molecule has 0 fully saturated rings. The van der Waals surface area contributed by atoms with E-state index in [1.807, 2.05) is 36.5 Å². The fourth-order valence-electron chi connectivity index (χ4n) is 9.22. The van der Waals surface area contributed by atoms with Gasteiger partial charge < -0.3 is 60.5 Å². The molecule has 15 rings (SSSR count). The van der Waals surface area contributed by atoms with Gasteiger partial charge in [-0.05, 0) is 151 Å². The molecule has 0 saturated carbocycles. The maximum atomic E-state index is 13.2. The summed E-state index contributed by atoms with van der Waals surface area (Å²) in [5.74, 6) is -7.11. The number of benzene rings is 5. The Labute approximate surface area is 786 Å². The molecule has 5 radical (unpaired) electrons. The number of alkyl halides is 6. The monoisotopic (exact) mass is 2640 g/mol. The number of fused-ring (bicyclic) bond motifs is 1. The summed E-state index contributed by atoms with van der Waals surface area (Å²) in [7, 11) is 0. The molecular weight excluding hydrogens is 2570 g/mol. The van der Waals surface area contributed by atoms with Crippen LogP contribution in [0.1, 0.15) is 65.6 Å². The zero-order valence-electron chi connectivity index (χ0n) is 65.6. The quantitative estimate of drug-likeness (QED) is 0.0368. The number of ketones is 1. The second kappa shape index (κ2) is 58.6. The minimum atomic E-state index is -4.57. The van der Waals surface area contributed by atoms with E-state index in [1.54, 1.807) is 165 Å². The third-order valence-corrected chi connectivity index (χ3v) is 15.1. The van der Waals surface area contributed by atoms with Crippen LogP contribution in [-0.4, -0.2) is 99.3 Å². The molecule has 0 saturated heterocycles. The van der Waals surface area contributed by atoms with Crippen molar-refractivity contribution in [3.05, 3.63) is 385 Å². The number of carbonyl (C=O) groups excluding carboxylic acids is 1. The smallest absolute Gasteiger partial charge is 0.429 e. The minimum Gasteiger partial charge on any atom is -0.513 e. The van der Waals surface area contributed by atoms with Gasteiger partial charge in [-0.15, -0.1) is 113 Å². The van der Waals surface area contributed by atoms with Crippen molar-refractivity contribution in [3.8, 4) is 67.8 Å². The summed E-state index contributed by atoms with van der Waals surface area (Å²) in [5.41, 5.74) is 5.03. The molecule has 10 heterocycles. The van der Waals surface area contributed by atoms with Crippen molar-refractivity contribution in [1.29, 1.82) is 0 Å². The molecule has 15 aromatic rings. The molecule has 667 valence electrons. The van der Waals surface area contributed by atoms with Crippen molar-refractivity contribution >= 4 is 39.1 Å². The number of pyridine rings is 8. The van der Waals surface area contributed by atoms with Crippen LogP contribution >= 0.6 is 11.3 Å². The predicted molar refractivity (Wildman–Crippen MR) is 429 cm³/mol. The van der Waals surface area contributed by atoms with Crippen molar-refractivity contribution in [2.75, 3.05) is 0 Å².